The smallest absolute Gasteiger partial charge is 0.0703 e. The summed E-state index contributed by atoms with van der Waals surface area (Å²) in [6.45, 7) is 0. The minimum atomic E-state index is 1.04. The van der Waals surface area contributed by atoms with Gasteiger partial charge in [-0.15, -0.1) is 0 Å². The van der Waals surface area contributed by atoms with E-state index in [2.05, 4.69) is 21.8 Å². The molecule has 0 bridgehead atoms. The van der Waals surface area contributed by atoms with E-state index in [0.29, 0.717) is 0 Å². The zero-order valence-electron chi connectivity index (χ0n) is 7.32. The number of fused-ring (bicyclic) bond motifs is 1. The SMILES string of the molecule is CSNc1cnc2ccccc2c1. The molecule has 0 radical (unpaired) electrons. The van der Waals surface area contributed by atoms with E-state index in [1.54, 1.807) is 11.9 Å². The molecule has 2 aromatic rings. The maximum Gasteiger partial charge on any atom is 0.0703 e. The summed E-state index contributed by atoms with van der Waals surface area (Å²) >= 11 is 1.57. The molecule has 0 fully saturated rings. The molecule has 0 unspecified atom stereocenters. The highest BCUT2D eigenvalue weighted by Crippen LogP contribution is 2.17. The zero-order valence-corrected chi connectivity index (χ0v) is 8.14. The lowest BCUT2D eigenvalue weighted by atomic mass is 10.2. The Bertz CT molecular complexity index is 414. The highest BCUT2D eigenvalue weighted by atomic mass is 32.2. The van der Waals surface area contributed by atoms with Crippen LogP contribution in [0.5, 0.6) is 0 Å². The van der Waals surface area contributed by atoms with E-state index in [1.165, 1.54) is 5.39 Å². The Morgan fingerprint density at radius 1 is 1.31 bits per heavy atom. The van der Waals surface area contributed by atoms with Crippen LogP contribution >= 0.6 is 11.9 Å². The van der Waals surface area contributed by atoms with Crippen molar-refractivity contribution in [2.24, 2.45) is 0 Å². The van der Waals surface area contributed by atoms with Gasteiger partial charge in [-0.25, -0.2) is 0 Å². The number of nitrogens with one attached hydrogen (secondary N) is 1. The van der Waals surface area contributed by atoms with Crippen molar-refractivity contribution in [3.8, 4) is 0 Å². The quantitative estimate of drug-likeness (QED) is 0.737. The molecule has 13 heavy (non-hydrogen) atoms. The van der Waals surface area contributed by atoms with Gasteiger partial charge >= 0.3 is 0 Å². The van der Waals surface area contributed by atoms with E-state index >= 15 is 0 Å². The van der Waals surface area contributed by atoms with Crippen molar-refractivity contribution < 1.29 is 0 Å². The molecule has 1 N–H and O–H groups in total. The van der Waals surface area contributed by atoms with Crippen molar-refractivity contribution >= 4 is 28.5 Å². The lowest BCUT2D eigenvalue weighted by molar-refractivity contribution is 1.41. The third-order valence-electron chi connectivity index (χ3n) is 1.81. The number of nitrogens with zero attached hydrogens (tertiary/aromatic N) is 1. The molecule has 2 nitrogen and oxygen atoms in total. The number of anilines is 1. The molecule has 0 amide bonds. The van der Waals surface area contributed by atoms with Crippen molar-refractivity contribution in [1.29, 1.82) is 0 Å². The Morgan fingerprint density at radius 2 is 2.15 bits per heavy atom. The van der Waals surface area contributed by atoms with Gasteiger partial charge in [0.1, 0.15) is 0 Å². The molecule has 0 atom stereocenters. The van der Waals surface area contributed by atoms with Crippen molar-refractivity contribution in [3.63, 3.8) is 0 Å². The number of hydrogen-bond acceptors (Lipinski definition) is 3. The first kappa shape index (κ1) is 8.38. The van der Waals surface area contributed by atoms with E-state index in [4.69, 9.17) is 0 Å². The standard InChI is InChI=1S/C10H10N2S/c1-13-12-9-6-8-4-2-3-5-10(8)11-7-9/h2-7,12H,1H3. The first-order valence-electron chi connectivity index (χ1n) is 4.04. The average molecular weight is 190 g/mol. The Morgan fingerprint density at radius 3 is 3.00 bits per heavy atom. The maximum atomic E-state index is 4.32. The van der Waals surface area contributed by atoms with E-state index in [1.807, 2.05) is 30.7 Å². The number of para-hydroxylation sites is 1. The predicted octanol–water partition coefficient (Wildman–Crippen LogP) is 2.92. The molecule has 1 aromatic heterocycles. The minimum Gasteiger partial charge on any atom is -0.329 e. The molecule has 0 saturated heterocycles. The number of rotatable bonds is 2. The van der Waals surface area contributed by atoms with Gasteiger partial charge in [-0.1, -0.05) is 30.1 Å². The lowest BCUT2D eigenvalue weighted by Crippen LogP contribution is -1.86. The fourth-order valence-corrected chi connectivity index (χ4v) is 1.59. The van der Waals surface area contributed by atoms with Crippen LogP contribution < -0.4 is 4.72 Å². The molecule has 1 heterocycles. The van der Waals surface area contributed by atoms with Gasteiger partial charge < -0.3 is 4.72 Å². The third-order valence-corrected chi connectivity index (χ3v) is 2.25. The Labute approximate surface area is 81.5 Å². The van der Waals surface area contributed by atoms with Gasteiger partial charge in [0, 0.05) is 11.6 Å². The molecule has 2 rings (SSSR count). The van der Waals surface area contributed by atoms with Gasteiger partial charge in [0.15, 0.2) is 0 Å². The lowest BCUT2D eigenvalue weighted by Gasteiger charge is -2.02. The van der Waals surface area contributed by atoms with Crippen LogP contribution in [0.3, 0.4) is 0 Å². The summed E-state index contributed by atoms with van der Waals surface area (Å²) in [5.74, 6) is 0. The minimum absolute atomic E-state index is 1.04. The second-order valence-electron chi connectivity index (χ2n) is 2.72. The fraction of sp³-hybridized carbons (Fsp3) is 0.100. The first-order chi connectivity index (χ1) is 6.40. The largest absolute Gasteiger partial charge is 0.329 e. The van der Waals surface area contributed by atoms with Crippen LogP contribution in [-0.4, -0.2) is 11.2 Å². The second-order valence-corrected chi connectivity index (χ2v) is 3.34. The van der Waals surface area contributed by atoms with Gasteiger partial charge in [0.25, 0.3) is 0 Å². The molecule has 0 aliphatic heterocycles. The summed E-state index contributed by atoms with van der Waals surface area (Å²) in [4.78, 5) is 4.32. The summed E-state index contributed by atoms with van der Waals surface area (Å²) in [7, 11) is 0. The van der Waals surface area contributed by atoms with Gasteiger partial charge in [-0.05, 0) is 12.1 Å². The topological polar surface area (TPSA) is 24.9 Å². The van der Waals surface area contributed by atoms with Crippen molar-refractivity contribution in [2.75, 3.05) is 11.0 Å². The number of aromatic nitrogens is 1. The highest BCUT2D eigenvalue weighted by molar-refractivity contribution is 7.99. The molecule has 0 aliphatic rings. The normalized spacial score (nSPS) is 10.2. The molecule has 0 aliphatic carbocycles. The summed E-state index contributed by atoms with van der Waals surface area (Å²) in [6.07, 6.45) is 3.84. The van der Waals surface area contributed by atoms with Gasteiger partial charge in [0.05, 0.1) is 17.4 Å². The average Bonchev–Trinajstić information content (AvgIpc) is 2.18. The van der Waals surface area contributed by atoms with Crippen LogP contribution in [-0.2, 0) is 0 Å². The van der Waals surface area contributed by atoms with Crippen LogP contribution in [0.2, 0.25) is 0 Å². The molecule has 1 aromatic carbocycles. The van der Waals surface area contributed by atoms with Gasteiger partial charge in [-0.3, -0.25) is 4.98 Å². The molecule has 0 saturated carbocycles. The number of pyridine rings is 1. The fourth-order valence-electron chi connectivity index (χ4n) is 1.24. The summed E-state index contributed by atoms with van der Waals surface area (Å²) < 4.78 is 3.15. The summed E-state index contributed by atoms with van der Waals surface area (Å²) in [5.41, 5.74) is 2.08. The predicted molar refractivity (Wildman–Crippen MR) is 58.9 cm³/mol. The first-order valence-corrected chi connectivity index (χ1v) is 5.26. The molecule has 0 spiro atoms. The van der Waals surface area contributed by atoms with Crippen LogP contribution in [0.15, 0.2) is 36.5 Å². The van der Waals surface area contributed by atoms with Crippen LogP contribution in [0.1, 0.15) is 0 Å². The van der Waals surface area contributed by atoms with Crippen molar-refractivity contribution in [3.05, 3.63) is 36.5 Å². The van der Waals surface area contributed by atoms with E-state index in [-0.39, 0.29) is 0 Å². The van der Waals surface area contributed by atoms with Crippen LogP contribution in [0, 0.1) is 0 Å². The second kappa shape index (κ2) is 3.66. The Balaban J connectivity index is 2.49. The Kier molecular flexibility index (Phi) is 2.36. The van der Waals surface area contributed by atoms with E-state index < -0.39 is 0 Å². The van der Waals surface area contributed by atoms with Crippen LogP contribution in [0.25, 0.3) is 10.9 Å². The Hall–Kier alpha value is -1.22. The molecular weight excluding hydrogens is 180 g/mol. The highest BCUT2D eigenvalue weighted by Gasteiger charge is 1.94. The van der Waals surface area contributed by atoms with Gasteiger partial charge in [-0.2, -0.15) is 0 Å². The monoisotopic (exact) mass is 190 g/mol. The van der Waals surface area contributed by atoms with Crippen molar-refractivity contribution in [1.82, 2.24) is 4.98 Å². The van der Waals surface area contributed by atoms with Crippen molar-refractivity contribution in [2.45, 2.75) is 0 Å². The van der Waals surface area contributed by atoms with E-state index in [0.717, 1.165) is 11.2 Å². The summed E-state index contributed by atoms with van der Waals surface area (Å²) in [5, 5.41) is 1.17. The van der Waals surface area contributed by atoms with Crippen LogP contribution in [0.4, 0.5) is 5.69 Å². The van der Waals surface area contributed by atoms with E-state index in [9.17, 15) is 0 Å². The zero-order chi connectivity index (χ0) is 9.10. The maximum absolute atomic E-state index is 4.32. The molecule has 3 heteroatoms. The van der Waals surface area contributed by atoms with Gasteiger partial charge in [0.2, 0.25) is 0 Å². The number of hydrogen-bond donors (Lipinski definition) is 1. The molecular formula is C10H10N2S. The number of benzene rings is 1. The third kappa shape index (κ3) is 1.75. The molecule has 66 valence electrons. The summed E-state index contributed by atoms with van der Waals surface area (Å²) in [6, 6.07) is 10.2.